The fourth-order valence-corrected chi connectivity index (χ4v) is 5.69. The van der Waals surface area contributed by atoms with Crippen molar-refractivity contribution >= 4 is 40.5 Å². The van der Waals surface area contributed by atoms with Gasteiger partial charge in [-0.1, -0.05) is 18.3 Å². The quantitative estimate of drug-likeness (QED) is 0.178. The van der Waals surface area contributed by atoms with Gasteiger partial charge in [-0.15, -0.1) is 10.2 Å². The molecule has 0 radical (unpaired) electrons. The third-order valence-corrected chi connectivity index (χ3v) is 8.11. The maximum Gasteiger partial charge on any atom is 0.247 e. The highest BCUT2D eigenvalue weighted by atomic mass is 32.2. The Morgan fingerprint density at radius 2 is 1.86 bits per heavy atom. The molecule has 43 heavy (non-hydrogen) atoms. The third kappa shape index (κ3) is 6.65. The van der Waals surface area contributed by atoms with E-state index in [0.717, 1.165) is 42.9 Å². The Labute approximate surface area is 255 Å². The third-order valence-electron chi connectivity index (χ3n) is 7.48. The number of thioether (sulfide) groups is 1. The van der Waals surface area contributed by atoms with Crippen molar-refractivity contribution in [3.63, 3.8) is 0 Å². The number of piperidine rings is 1. The van der Waals surface area contributed by atoms with Crippen molar-refractivity contribution in [2.24, 2.45) is 0 Å². The van der Waals surface area contributed by atoms with Gasteiger partial charge < -0.3 is 25.2 Å². The van der Waals surface area contributed by atoms with Crippen molar-refractivity contribution in [1.29, 1.82) is 0 Å². The van der Waals surface area contributed by atoms with Gasteiger partial charge in [0.15, 0.2) is 11.0 Å². The second kappa shape index (κ2) is 13.3. The van der Waals surface area contributed by atoms with Crippen LogP contribution in [0.5, 0.6) is 5.75 Å². The number of aromatic nitrogens is 4. The van der Waals surface area contributed by atoms with Crippen LogP contribution in [0.2, 0.25) is 0 Å². The summed E-state index contributed by atoms with van der Waals surface area (Å²) in [7, 11) is 5.83. The lowest BCUT2D eigenvalue weighted by Gasteiger charge is -2.37. The standard InChI is InChI=1S/C31H35FN8O2S/c1-6-29(41)35-24-18-25(27(42-4)19-26(24)39-15-12-22(13-16-39)38(2)3)34-28-17-23(11-14-33-28)40-30(36-37-31(40)43-5)20-7-9-21(32)10-8-20/h6-11,14,17-19,22H,1,12-13,15-16H2,2-5H3,(H,33,34)(H,35,41). The number of methoxy groups -OCH3 is 1. The van der Waals surface area contributed by atoms with Crippen molar-refractivity contribution in [1.82, 2.24) is 24.6 Å². The number of ether oxygens (including phenoxy) is 1. The SMILES string of the molecule is C=CC(=O)Nc1cc(Nc2cc(-n3c(SC)nnc3-c3ccc(F)cc3)ccn2)c(OC)cc1N1CCC(N(C)C)CC1. The Balaban J connectivity index is 1.49. The van der Waals surface area contributed by atoms with Gasteiger partial charge in [-0.05, 0) is 75.7 Å². The number of nitrogens with one attached hydrogen (secondary N) is 2. The highest BCUT2D eigenvalue weighted by molar-refractivity contribution is 7.98. The lowest BCUT2D eigenvalue weighted by atomic mass is 10.0. The molecule has 5 rings (SSSR count). The summed E-state index contributed by atoms with van der Waals surface area (Å²) < 4.78 is 21.3. The molecule has 0 saturated carbocycles. The first-order valence-electron chi connectivity index (χ1n) is 13.9. The van der Waals surface area contributed by atoms with Gasteiger partial charge in [0.25, 0.3) is 0 Å². The average Bonchev–Trinajstić information content (AvgIpc) is 3.46. The lowest BCUT2D eigenvalue weighted by Crippen LogP contribution is -2.42. The van der Waals surface area contributed by atoms with Crippen molar-refractivity contribution in [2.75, 3.05) is 56.1 Å². The van der Waals surface area contributed by atoms with E-state index in [1.807, 2.05) is 35.1 Å². The van der Waals surface area contributed by atoms with E-state index in [1.165, 1.54) is 30.0 Å². The van der Waals surface area contributed by atoms with E-state index in [0.29, 0.717) is 40.0 Å². The maximum atomic E-state index is 13.6. The topological polar surface area (TPSA) is 100 Å². The number of anilines is 4. The highest BCUT2D eigenvalue weighted by Crippen LogP contribution is 2.40. The number of pyridine rings is 1. The van der Waals surface area contributed by atoms with Gasteiger partial charge in [-0.3, -0.25) is 9.36 Å². The second-order valence-corrected chi connectivity index (χ2v) is 11.1. The molecular weight excluding hydrogens is 567 g/mol. The smallest absolute Gasteiger partial charge is 0.247 e. The summed E-state index contributed by atoms with van der Waals surface area (Å²) in [6.07, 6.45) is 6.89. The van der Waals surface area contributed by atoms with Gasteiger partial charge in [0.2, 0.25) is 5.91 Å². The van der Waals surface area contributed by atoms with Crippen LogP contribution in [0.1, 0.15) is 12.8 Å². The normalized spacial score (nSPS) is 13.7. The highest BCUT2D eigenvalue weighted by Gasteiger charge is 2.24. The Morgan fingerprint density at radius 1 is 1.12 bits per heavy atom. The zero-order chi connectivity index (χ0) is 30.5. The number of carbonyl (C=O) groups is 1. The second-order valence-electron chi connectivity index (χ2n) is 10.3. The molecule has 0 aliphatic carbocycles. The zero-order valence-electron chi connectivity index (χ0n) is 24.7. The number of carbonyl (C=O) groups excluding carboxylic acids is 1. The van der Waals surface area contributed by atoms with E-state index in [9.17, 15) is 9.18 Å². The summed E-state index contributed by atoms with van der Waals surface area (Å²) in [4.78, 5) is 21.5. The van der Waals surface area contributed by atoms with Gasteiger partial charge in [0.05, 0.1) is 29.9 Å². The van der Waals surface area contributed by atoms with E-state index >= 15 is 0 Å². The van der Waals surface area contributed by atoms with Crippen LogP contribution in [-0.2, 0) is 4.79 Å². The molecule has 2 aromatic heterocycles. The largest absolute Gasteiger partial charge is 0.494 e. The minimum absolute atomic E-state index is 0.300. The molecular formula is C31H35FN8O2S. The van der Waals surface area contributed by atoms with Gasteiger partial charge in [0, 0.05) is 43.0 Å². The molecule has 2 N–H and O–H groups in total. The summed E-state index contributed by atoms with van der Waals surface area (Å²) in [5.41, 5.74) is 3.66. The Morgan fingerprint density at radius 3 is 2.51 bits per heavy atom. The number of nitrogens with zero attached hydrogens (tertiary/aromatic N) is 6. The molecule has 0 spiro atoms. The maximum absolute atomic E-state index is 13.6. The minimum Gasteiger partial charge on any atom is -0.494 e. The van der Waals surface area contributed by atoms with Crippen molar-refractivity contribution in [3.8, 4) is 22.8 Å². The van der Waals surface area contributed by atoms with Crippen LogP contribution in [0.3, 0.4) is 0 Å². The average molecular weight is 603 g/mol. The first kappa shape index (κ1) is 30.1. The lowest BCUT2D eigenvalue weighted by molar-refractivity contribution is -0.111. The van der Waals surface area contributed by atoms with Crippen molar-refractivity contribution < 1.29 is 13.9 Å². The number of benzene rings is 2. The summed E-state index contributed by atoms with van der Waals surface area (Å²) >= 11 is 1.45. The number of rotatable bonds is 10. The number of halogens is 1. The van der Waals surface area contributed by atoms with E-state index in [-0.39, 0.29) is 11.7 Å². The summed E-state index contributed by atoms with van der Waals surface area (Å²) in [6, 6.07) is 14.2. The molecule has 10 nitrogen and oxygen atoms in total. The Bertz CT molecular complexity index is 1600. The number of hydrogen-bond donors (Lipinski definition) is 2. The molecule has 1 fully saturated rings. The van der Waals surface area contributed by atoms with E-state index in [1.54, 1.807) is 25.4 Å². The van der Waals surface area contributed by atoms with Crippen LogP contribution >= 0.6 is 11.8 Å². The molecule has 1 aliphatic heterocycles. The van der Waals surface area contributed by atoms with E-state index in [4.69, 9.17) is 4.74 Å². The van der Waals surface area contributed by atoms with Gasteiger partial charge in [0.1, 0.15) is 17.4 Å². The molecule has 3 heterocycles. The molecule has 1 aliphatic rings. The van der Waals surface area contributed by atoms with E-state index in [2.05, 4.69) is 56.3 Å². The number of amides is 1. The Kier molecular flexibility index (Phi) is 9.27. The molecule has 2 aromatic carbocycles. The molecule has 0 bridgehead atoms. The summed E-state index contributed by atoms with van der Waals surface area (Å²) in [5.74, 6) is 1.11. The molecule has 0 atom stereocenters. The minimum atomic E-state index is -0.322. The van der Waals surface area contributed by atoms with Crippen LogP contribution in [0.15, 0.2) is 72.5 Å². The van der Waals surface area contributed by atoms with Gasteiger partial charge in [-0.25, -0.2) is 9.37 Å². The fraction of sp³-hybridized carbons (Fsp3) is 0.290. The predicted octanol–water partition coefficient (Wildman–Crippen LogP) is 5.60. The summed E-state index contributed by atoms with van der Waals surface area (Å²) in [6.45, 7) is 5.33. The van der Waals surface area contributed by atoms with Crippen LogP contribution in [0, 0.1) is 5.82 Å². The molecule has 1 saturated heterocycles. The van der Waals surface area contributed by atoms with Crippen molar-refractivity contribution in [2.45, 2.75) is 24.0 Å². The first-order valence-corrected chi connectivity index (χ1v) is 15.1. The fourth-order valence-electron chi connectivity index (χ4n) is 5.19. The molecule has 1 amide bonds. The van der Waals surface area contributed by atoms with Gasteiger partial charge in [-0.2, -0.15) is 0 Å². The monoisotopic (exact) mass is 602 g/mol. The predicted molar refractivity (Wildman–Crippen MR) is 170 cm³/mol. The molecule has 224 valence electrons. The van der Waals surface area contributed by atoms with Crippen LogP contribution in [0.25, 0.3) is 17.1 Å². The van der Waals surface area contributed by atoms with Crippen molar-refractivity contribution in [3.05, 3.63) is 73.2 Å². The first-order chi connectivity index (χ1) is 20.8. The molecule has 4 aromatic rings. The number of hydrogen-bond acceptors (Lipinski definition) is 9. The Hall–Kier alpha value is -4.42. The van der Waals surface area contributed by atoms with Crippen LogP contribution < -0.4 is 20.3 Å². The van der Waals surface area contributed by atoms with E-state index < -0.39 is 0 Å². The van der Waals surface area contributed by atoms with Gasteiger partial charge >= 0.3 is 0 Å². The molecule has 12 heteroatoms. The van der Waals surface area contributed by atoms with Crippen LogP contribution in [0.4, 0.5) is 27.3 Å². The molecule has 0 unspecified atom stereocenters. The van der Waals surface area contributed by atoms with Crippen LogP contribution in [-0.4, -0.2) is 77.1 Å². The summed E-state index contributed by atoms with van der Waals surface area (Å²) in [5, 5.41) is 15.7. The zero-order valence-corrected chi connectivity index (χ0v) is 25.5.